The Kier molecular flexibility index (Phi) is 11.3. The highest BCUT2D eigenvalue weighted by atomic mass is 32.2. The van der Waals surface area contributed by atoms with Crippen LogP contribution in [0.4, 0.5) is 0 Å². The third-order valence-corrected chi connectivity index (χ3v) is 11.1. The Morgan fingerprint density at radius 2 is 1.89 bits per heavy atom. The van der Waals surface area contributed by atoms with Crippen molar-refractivity contribution in [3.05, 3.63) is 0 Å². The van der Waals surface area contributed by atoms with Crippen LogP contribution in [0.5, 0.6) is 0 Å². The molecule has 9 nitrogen and oxygen atoms in total. The summed E-state index contributed by atoms with van der Waals surface area (Å²) in [5, 5.41) is 17.7. The van der Waals surface area contributed by atoms with Gasteiger partial charge in [-0.25, -0.2) is 8.42 Å². The van der Waals surface area contributed by atoms with E-state index in [1.54, 1.807) is 0 Å². The maximum Gasteiger partial charge on any atom is 0.223 e. The van der Waals surface area contributed by atoms with E-state index >= 15 is 0 Å². The van der Waals surface area contributed by atoms with Gasteiger partial charge in [0.25, 0.3) is 0 Å². The normalized spacial score (nSPS) is 39.0. The van der Waals surface area contributed by atoms with Crippen molar-refractivity contribution < 1.29 is 17.9 Å². The quantitative estimate of drug-likeness (QED) is 0.259. The number of piperidine rings is 1. The number of carbonyl (C=O) groups excluding carboxylic acids is 1. The summed E-state index contributed by atoms with van der Waals surface area (Å²) in [5.74, 6) is 1.12. The summed E-state index contributed by atoms with van der Waals surface area (Å²) in [6.45, 7) is 8.22. The molecule has 9 unspecified atom stereocenters. The second-order valence-corrected chi connectivity index (χ2v) is 14.7. The zero-order valence-electron chi connectivity index (χ0n) is 23.8. The number of sulfone groups is 1. The van der Waals surface area contributed by atoms with Gasteiger partial charge in [0.2, 0.25) is 5.91 Å². The van der Waals surface area contributed by atoms with Crippen molar-refractivity contribution in [2.75, 3.05) is 32.5 Å². The molecule has 1 amide bonds. The first kappa shape index (κ1) is 30.2. The van der Waals surface area contributed by atoms with E-state index in [1.807, 2.05) is 0 Å². The summed E-state index contributed by atoms with van der Waals surface area (Å²) < 4.78 is 30.7. The molecule has 220 valence electrons. The number of amides is 1. The number of nitrogens with one attached hydrogen (secondary N) is 5. The molecule has 2 aliphatic heterocycles. The number of hydrogen-bond acceptors (Lipinski definition) is 8. The lowest BCUT2D eigenvalue weighted by Gasteiger charge is -2.43. The zero-order valence-corrected chi connectivity index (χ0v) is 24.7. The van der Waals surface area contributed by atoms with Crippen LogP contribution in [0.3, 0.4) is 0 Å². The van der Waals surface area contributed by atoms with E-state index in [9.17, 15) is 13.2 Å². The first-order valence-corrected chi connectivity index (χ1v) is 17.3. The minimum Gasteiger partial charge on any atom is -0.377 e. The van der Waals surface area contributed by atoms with Crippen LogP contribution < -0.4 is 26.6 Å². The zero-order chi connectivity index (χ0) is 27.1. The van der Waals surface area contributed by atoms with E-state index in [0.717, 1.165) is 58.2 Å². The lowest BCUT2D eigenvalue weighted by atomic mass is 9.81. The van der Waals surface area contributed by atoms with Gasteiger partial charge in [0.05, 0.1) is 11.4 Å². The predicted octanol–water partition coefficient (Wildman–Crippen LogP) is 1.88. The standard InChI is InChI=1S/C28H53N5O4S/c1-4-5-15-37-25-16-20(9-11-26(25)38(3,35)36)27(34)31-22-10-8-19(2)24(17-22)33-28-30-14-12-23(32-28)21-7-6-13-29-18-21/h19-26,28-30,32-33H,4-18H2,1-3H3,(H,31,34). The van der Waals surface area contributed by atoms with Crippen LogP contribution in [0.2, 0.25) is 0 Å². The summed E-state index contributed by atoms with van der Waals surface area (Å²) in [4.78, 5) is 13.3. The van der Waals surface area contributed by atoms with Crippen LogP contribution in [0.1, 0.15) is 84.5 Å². The van der Waals surface area contributed by atoms with Gasteiger partial charge in [0.15, 0.2) is 9.84 Å². The lowest BCUT2D eigenvalue weighted by Crippen LogP contribution is -2.66. The summed E-state index contributed by atoms with van der Waals surface area (Å²) in [7, 11) is -3.21. The molecule has 38 heavy (non-hydrogen) atoms. The van der Waals surface area contributed by atoms with Gasteiger partial charge in [0.1, 0.15) is 6.29 Å². The van der Waals surface area contributed by atoms with Crippen molar-refractivity contribution in [3.8, 4) is 0 Å². The first-order valence-electron chi connectivity index (χ1n) is 15.3. The fraction of sp³-hybridized carbons (Fsp3) is 0.964. The second-order valence-electron chi connectivity index (χ2n) is 12.5. The molecule has 4 rings (SSSR count). The number of rotatable bonds is 10. The minimum atomic E-state index is -3.21. The fourth-order valence-electron chi connectivity index (χ4n) is 7.04. The SMILES string of the molecule is CCCCOC1CC(C(=O)NC2CCC(C)C(NC3NCCC(C4CCCNC4)N3)C2)CCC1S(C)(=O)=O. The maximum atomic E-state index is 13.3. The molecule has 9 atom stereocenters. The minimum absolute atomic E-state index is 0.0677. The topological polar surface area (TPSA) is 121 Å². The Hall–Kier alpha value is -0.780. The maximum absolute atomic E-state index is 13.3. The fourth-order valence-corrected chi connectivity index (χ4v) is 8.35. The Bertz CT molecular complexity index is 852. The molecular weight excluding hydrogens is 502 g/mol. The van der Waals surface area contributed by atoms with E-state index in [-0.39, 0.29) is 24.2 Å². The smallest absolute Gasteiger partial charge is 0.223 e. The molecule has 2 aliphatic carbocycles. The van der Waals surface area contributed by atoms with E-state index < -0.39 is 21.2 Å². The van der Waals surface area contributed by atoms with Crippen molar-refractivity contribution in [3.63, 3.8) is 0 Å². The molecule has 5 N–H and O–H groups in total. The largest absolute Gasteiger partial charge is 0.377 e. The molecular formula is C28H53N5O4S. The Morgan fingerprint density at radius 1 is 1.05 bits per heavy atom. The predicted molar refractivity (Wildman–Crippen MR) is 151 cm³/mol. The third kappa shape index (κ3) is 8.36. The van der Waals surface area contributed by atoms with Gasteiger partial charge in [-0.3, -0.25) is 20.7 Å². The van der Waals surface area contributed by atoms with E-state index in [1.165, 1.54) is 19.1 Å². The van der Waals surface area contributed by atoms with Gasteiger partial charge >= 0.3 is 0 Å². The van der Waals surface area contributed by atoms with Gasteiger partial charge in [0, 0.05) is 36.9 Å². The number of unbranched alkanes of at least 4 members (excludes halogenated alkanes) is 1. The van der Waals surface area contributed by atoms with Gasteiger partial charge in [-0.1, -0.05) is 20.3 Å². The van der Waals surface area contributed by atoms with E-state index in [0.29, 0.717) is 49.8 Å². The number of carbonyl (C=O) groups is 1. The van der Waals surface area contributed by atoms with Crippen LogP contribution in [-0.2, 0) is 19.4 Å². The Balaban J connectivity index is 1.28. The van der Waals surface area contributed by atoms with Crippen molar-refractivity contribution >= 4 is 15.7 Å². The Labute approximate surface area is 230 Å². The van der Waals surface area contributed by atoms with Gasteiger partial charge in [-0.15, -0.1) is 0 Å². The summed E-state index contributed by atoms with van der Waals surface area (Å²) in [5.41, 5.74) is 0. The molecule has 0 spiro atoms. The molecule has 4 fully saturated rings. The molecule has 4 aliphatic rings. The number of hydrogen-bond donors (Lipinski definition) is 5. The molecule has 0 aromatic heterocycles. The average molecular weight is 556 g/mol. The molecule has 0 radical (unpaired) electrons. The third-order valence-electron chi connectivity index (χ3n) is 9.49. The second kappa shape index (κ2) is 14.2. The first-order chi connectivity index (χ1) is 18.2. The van der Waals surface area contributed by atoms with E-state index in [4.69, 9.17) is 4.74 Å². The Morgan fingerprint density at radius 3 is 2.63 bits per heavy atom. The van der Waals surface area contributed by atoms with Crippen molar-refractivity contribution in [2.24, 2.45) is 17.8 Å². The van der Waals surface area contributed by atoms with Crippen molar-refractivity contribution in [1.29, 1.82) is 0 Å². The van der Waals surface area contributed by atoms with Crippen molar-refractivity contribution in [1.82, 2.24) is 26.6 Å². The molecule has 2 saturated carbocycles. The monoisotopic (exact) mass is 555 g/mol. The highest BCUT2D eigenvalue weighted by Gasteiger charge is 2.40. The molecule has 2 heterocycles. The summed E-state index contributed by atoms with van der Waals surface area (Å²) in [6.07, 6.45) is 11.2. The highest BCUT2D eigenvalue weighted by molar-refractivity contribution is 7.91. The number of ether oxygens (including phenoxy) is 1. The lowest BCUT2D eigenvalue weighted by molar-refractivity contribution is -0.129. The van der Waals surface area contributed by atoms with Crippen LogP contribution >= 0.6 is 0 Å². The van der Waals surface area contributed by atoms with Crippen LogP contribution in [0.25, 0.3) is 0 Å². The molecule has 0 bridgehead atoms. The molecule has 2 saturated heterocycles. The highest BCUT2D eigenvalue weighted by Crippen LogP contribution is 2.32. The van der Waals surface area contributed by atoms with Gasteiger partial charge < -0.3 is 15.4 Å². The van der Waals surface area contributed by atoms with Crippen molar-refractivity contribution in [2.45, 2.75) is 120 Å². The summed E-state index contributed by atoms with van der Waals surface area (Å²) in [6, 6.07) is 1.00. The van der Waals surface area contributed by atoms with Crippen LogP contribution in [0, 0.1) is 17.8 Å². The molecule has 10 heteroatoms. The van der Waals surface area contributed by atoms with E-state index in [2.05, 4.69) is 40.4 Å². The van der Waals surface area contributed by atoms with Gasteiger partial charge in [-0.2, -0.15) is 0 Å². The van der Waals surface area contributed by atoms with Crippen LogP contribution in [0.15, 0.2) is 0 Å². The summed E-state index contributed by atoms with van der Waals surface area (Å²) >= 11 is 0. The average Bonchev–Trinajstić information content (AvgIpc) is 2.91. The molecule has 0 aromatic rings. The van der Waals surface area contributed by atoms with Crippen LogP contribution in [-0.4, -0.2) is 82.6 Å². The molecule has 0 aromatic carbocycles. The van der Waals surface area contributed by atoms with Gasteiger partial charge in [-0.05, 0) is 95.7 Å².